The summed E-state index contributed by atoms with van der Waals surface area (Å²) in [5.74, 6) is 0.176. The maximum atomic E-state index is 13.8. The molecule has 0 atom stereocenters. The van der Waals surface area contributed by atoms with E-state index < -0.39 is 0 Å². The van der Waals surface area contributed by atoms with Crippen molar-refractivity contribution in [3.8, 4) is 5.75 Å². The van der Waals surface area contributed by atoms with Crippen LogP contribution in [0.15, 0.2) is 48.2 Å². The van der Waals surface area contributed by atoms with Crippen molar-refractivity contribution in [1.29, 1.82) is 0 Å². The molecule has 0 unspecified atom stereocenters. The van der Waals surface area contributed by atoms with Gasteiger partial charge in [-0.2, -0.15) is 0 Å². The number of hydrogen-bond donors (Lipinski definition) is 0. The summed E-state index contributed by atoms with van der Waals surface area (Å²) in [6.07, 6.45) is 1.91. The van der Waals surface area contributed by atoms with Gasteiger partial charge in [0.05, 0.1) is 18.4 Å². The Morgan fingerprint density at radius 3 is 2.09 bits per heavy atom. The van der Waals surface area contributed by atoms with Crippen LogP contribution < -0.4 is 9.64 Å². The molecule has 0 radical (unpaired) electrons. The molecule has 1 saturated heterocycles. The normalized spacial score (nSPS) is 18.0. The Morgan fingerprint density at radius 2 is 1.53 bits per heavy atom. The fraction of sp³-hybridized carbons (Fsp3) is 0.385. The number of carbonyl (C=O) groups excluding carboxylic acids is 2. The van der Waals surface area contributed by atoms with Crippen molar-refractivity contribution in [3.63, 3.8) is 0 Å². The van der Waals surface area contributed by atoms with Gasteiger partial charge in [0.1, 0.15) is 11.4 Å². The van der Waals surface area contributed by atoms with Crippen molar-refractivity contribution >= 4 is 23.1 Å². The summed E-state index contributed by atoms with van der Waals surface area (Å²) in [6, 6.07) is 13.4. The number of hydrogen-bond acceptors (Lipinski definition) is 5. The van der Waals surface area contributed by atoms with Crippen LogP contribution in [-0.2, 0) is 9.59 Å². The number of ether oxygens (including phenoxy) is 1. The highest BCUT2D eigenvalue weighted by Crippen LogP contribution is 2.37. The number of benzene rings is 2. The number of carbonyl (C=O) groups is 2. The molecule has 0 aliphatic carbocycles. The van der Waals surface area contributed by atoms with Crippen molar-refractivity contribution < 1.29 is 14.3 Å². The Balaban J connectivity index is 1.79. The van der Waals surface area contributed by atoms with Gasteiger partial charge in [0.2, 0.25) is 0 Å². The monoisotopic (exact) mass is 433 g/mol. The molecule has 2 heterocycles. The maximum absolute atomic E-state index is 13.8. The van der Waals surface area contributed by atoms with Gasteiger partial charge in [-0.15, -0.1) is 0 Å². The van der Waals surface area contributed by atoms with Gasteiger partial charge in [-0.05, 0) is 87.8 Å². The lowest BCUT2D eigenvalue weighted by Gasteiger charge is -2.36. The van der Waals surface area contributed by atoms with E-state index >= 15 is 0 Å². The van der Waals surface area contributed by atoms with Crippen molar-refractivity contribution in [2.45, 2.75) is 32.7 Å². The van der Waals surface area contributed by atoms with Crippen molar-refractivity contribution in [2.24, 2.45) is 0 Å². The molecule has 32 heavy (non-hydrogen) atoms. The molecule has 1 fully saturated rings. The minimum Gasteiger partial charge on any atom is -0.497 e. The Kier molecular flexibility index (Phi) is 6.07. The van der Waals surface area contributed by atoms with Crippen molar-refractivity contribution in [1.82, 2.24) is 9.80 Å². The lowest BCUT2D eigenvalue weighted by atomic mass is 10.00. The molecule has 168 valence electrons. The molecule has 2 aromatic rings. The fourth-order valence-electron chi connectivity index (χ4n) is 4.74. The van der Waals surface area contributed by atoms with E-state index in [0.717, 1.165) is 42.6 Å². The number of rotatable bonds is 5. The number of nitrogens with zero attached hydrogens (tertiary/aromatic N) is 3. The molecule has 0 saturated carbocycles. The van der Waals surface area contributed by atoms with E-state index in [1.54, 1.807) is 7.11 Å². The van der Waals surface area contributed by atoms with Crippen LogP contribution >= 0.6 is 0 Å². The second kappa shape index (κ2) is 8.79. The molecule has 6 nitrogen and oxygen atoms in total. The van der Waals surface area contributed by atoms with Crippen molar-refractivity contribution in [3.05, 3.63) is 64.9 Å². The fourth-order valence-corrected chi connectivity index (χ4v) is 4.74. The number of imide groups is 1. The van der Waals surface area contributed by atoms with Gasteiger partial charge < -0.3 is 14.5 Å². The third-order valence-electron chi connectivity index (χ3n) is 6.49. The lowest BCUT2D eigenvalue weighted by Crippen LogP contribution is -2.43. The molecule has 2 amide bonds. The Bertz CT molecular complexity index is 1050. The predicted octanol–water partition coefficient (Wildman–Crippen LogP) is 3.62. The predicted molar refractivity (Wildman–Crippen MR) is 127 cm³/mol. The topological polar surface area (TPSA) is 53.1 Å². The molecular formula is C26H31N3O3. The summed E-state index contributed by atoms with van der Waals surface area (Å²) in [7, 11) is 5.68. The van der Waals surface area contributed by atoms with Crippen LogP contribution in [0.5, 0.6) is 5.75 Å². The molecule has 2 aliphatic rings. The van der Waals surface area contributed by atoms with E-state index in [1.807, 2.05) is 68.3 Å². The maximum Gasteiger partial charge on any atom is 0.282 e. The molecule has 0 N–H and O–H groups in total. The van der Waals surface area contributed by atoms with E-state index in [2.05, 4.69) is 11.9 Å². The van der Waals surface area contributed by atoms with Gasteiger partial charge in [0.25, 0.3) is 11.8 Å². The first-order valence-electron chi connectivity index (χ1n) is 11.1. The van der Waals surface area contributed by atoms with Gasteiger partial charge in [0.15, 0.2) is 0 Å². The number of likely N-dealkylation sites (tertiary alicyclic amines) is 1. The van der Waals surface area contributed by atoms with Crippen LogP contribution in [0.2, 0.25) is 0 Å². The zero-order chi connectivity index (χ0) is 23.0. The van der Waals surface area contributed by atoms with Gasteiger partial charge in [0, 0.05) is 13.1 Å². The highest BCUT2D eigenvalue weighted by atomic mass is 16.5. The molecule has 6 heteroatoms. The quantitative estimate of drug-likeness (QED) is 0.674. The summed E-state index contributed by atoms with van der Waals surface area (Å²) < 4.78 is 5.28. The van der Waals surface area contributed by atoms with Crippen LogP contribution in [0.4, 0.5) is 5.69 Å². The summed E-state index contributed by atoms with van der Waals surface area (Å²) in [5, 5.41) is 0. The SMILES string of the molecule is COc1ccc(C2=C(N(C)C3CCN(C)CC3)C(=O)N(c3cc(C)cc(C)c3)C2=O)cc1. The average molecular weight is 434 g/mol. The molecule has 2 aliphatic heterocycles. The molecule has 0 bridgehead atoms. The third kappa shape index (κ3) is 4.02. The number of amides is 2. The van der Waals surface area contributed by atoms with Crippen molar-refractivity contribution in [2.75, 3.05) is 39.2 Å². The van der Waals surface area contributed by atoms with E-state index in [4.69, 9.17) is 4.74 Å². The minimum atomic E-state index is -0.278. The largest absolute Gasteiger partial charge is 0.497 e. The second-order valence-electron chi connectivity index (χ2n) is 8.89. The van der Waals surface area contributed by atoms with Gasteiger partial charge in [-0.1, -0.05) is 18.2 Å². The summed E-state index contributed by atoms with van der Waals surface area (Å²) in [4.78, 5) is 33.2. The summed E-state index contributed by atoms with van der Waals surface area (Å²) in [5.41, 5.74) is 4.32. The van der Waals surface area contributed by atoms with E-state index in [1.165, 1.54) is 4.90 Å². The Hall–Kier alpha value is -3.12. The van der Waals surface area contributed by atoms with E-state index in [9.17, 15) is 9.59 Å². The third-order valence-corrected chi connectivity index (χ3v) is 6.49. The summed E-state index contributed by atoms with van der Waals surface area (Å²) >= 11 is 0. The Morgan fingerprint density at radius 1 is 0.938 bits per heavy atom. The van der Waals surface area contributed by atoms with Gasteiger partial charge in [-0.3, -0.25) is 9.59 Å². The second-order valence-corrected chi connectivity index (χ2v) is 8.89. The zero-order valence-electron chi connectivity index (χ0n) is 19.5. The van der Waals surface area contributed by atoms with Crippen LogP contribution in [0.25, 0.3) is 5.57 Å². The minimum absolute atomic E-state index is 0.213. The number of piperidine rings is 1. The van der Waals surface area contributed by atoms with E-state index in [-0.39, 0.29) is 17.9 Å². The first-order valence-corrected chi connectivity index (χ1v) is 11.1. The average Bonchev–Trinajstić information content (AvgIpc) is 3.03. The first kappa shape index (κ1) is 22.1. The van der Waals surface area contributed by atoms with Gasteiger partial charge in [-0.25, -0.2) is 4.90 Å². The van der Waals surface area contributed by atoms with E-state index in [0.29, 0.717) is 22.7 Å². The molecule has 4 rings (SSSR count). The molecule has 0 spiro atoms. The lowest BCUT2D eigenvalue weighted by molar-refractivity contribution is -0.120. The highest BCUT2D eigenvalue weighted by molar-refractivity contribution is 6.45. The first-order chi connectivity index (χ1) is 15.3. The molecule has 2 aromatic carbocycles. The van der Waals surface area contributed by atoms with Gasteiger partial charge >= 0.3 is 0 Å². The zero-order valence-corrected chi connectivity index (χ0v) is 19.5. The van der Waals surface area contributed by atoms with Crippen LogP contribution in [-0.4, -0.2) is 62.0 Å². The highest BCUT2D eigenvalue weighted by Gasteiger charge is 2.43. The standard InChI is InChI=1S/C26H31N3O3/c1-17-14-18(2)16-21(15-17)29-25(30)23(19-6-8-22(32-5)9-7-19)24(26(29)31)28(4)20-10-12-27(3)13-11-20/h6-9,14-16,20H,10-13H2,1-5H3. The summed E-state index contributed by atoms with van der Waals surface area (Å²) in [6.45, 7) is 5.90. The molecular weight excluding hydrogens is 402 g/mol. The molecule has 0 aromatic heterocycles. The number of aryl methyl sites for hydroxylation is 2. The van der Waals surface area contributed by atoms with Crippen LogP contribution in [0.3, 0.4) is 0 Å². The Labute approximate surface area is 190 Å². The van der Waals surface area contributed by atoms with Crippen LogP contribution in [0.1, 0.15) is 29.5 Å². The number of likely N-dealkylation sites (N-methyl/N-ethyl adjacent to an activating group) is 1. The number of anilines is 1. The van der Waals surface area contributed by atoms with Crippen LogP contribution in [0, 0.1) is 13.8 Å². The smallest absolute Gasteiger partial charge is 0.282 e. The number of methoxy groups -OCH3 is 1.